The van der Waals surface area contributed by atoms with Crippen molar-refractivity contribution < 1.29 is 0 Å². The number of hydrogen-bond acceptors (Lipinski definition) is 2. The lowest BCUT2D eigenvalue weighted by Crippen LogP contribution is -2.26. The number of aryl methyl sites for hydroxylation is 1. The first-order chi connectivity index (χ1) is 7.11. The van der Waals surface area contributed by atoms with Gasteiger partial charge in [0.1, 0.15) is 5.82 Å². The molecule has 1 aromatic rings. The van der Waals surface area contributed by atoms with Crippen LogP contribution in [0.3, 0.4) is 0 Å². The third-order valence-electron chi connectivity index (χ3n) is 3.47. The lowest BCUT2D eigenvalue weighted by atomic mass is 10.0. The molecule has 0 saturated heterocycles. The van der Waals surface area contributed by atoms with E-state index in [4.69, 9.17) is 0 Å². The van der Waals surface area contributed by atoms with Gasteiger partial charge in [0.15, 0.2) is 0 Å². The van der Waals surface area contributed by atoms with Crippen LogP contribution in [0.2, 0.25) is 0 Å². The second-order valence-corrected chi connectivity index (χ2v) is 4.83. The molecule has 0 aromatic carbocycles. The van der Waals surface area contributed by atoms with E-state index in [2.05, 4.69) is 42.6 Å². The lowest BCUT2D eigenvalue weighted by Gasteiger charge is -2.23. The fraction of sp³-hybridized carbons (Fsp3) is 0.750. The van der Waals surface area contributed by atoms with Crippen LogP contribution in [0.1, 0.15) is 44.0 Å². The third-order valence-corrected chi connectivity index (χ3v) is 3.47. The predicted octanol–water partition coefficient (Wildman–Crippen LogP) is 2.05. The molecule has 1 aliphatic rings. The summed E-state index contributed by atoms with van der Waals surface area (Å²) in [5.74, 6) is 1.83. The fourth-order valence-corrected chi connectivity index (χ4v) is 2.31. The zero-order chi connectivity index (χ0) is 11.0. The van der Waals surface area contributed by atoms with Gasteiger partial charge in [0, 0.05) is 31.2 Å². The van der Waals surface area contributed by atoms with E-state index in [1.807, 2.05) is 0 Å². The van der Waals surface area contributed by atoms with Crippen LogP contribution in [-0.4, -0.2) is 16.1 Å². The Morgan fingerprint density at radius 1 is 1.33 bits per heavy atom. The van der Waals surface area contributed by atoms with Gasteiger partial charge in [-0.3, -0.25) is 0 Å². The van der Waals surface area contributed by atoms with Crippen LogP contribution in [0.5, 0.6) is 0 Å². The SMILES string of the molecule is Cc1nc2c(n1C(C)C(C)C)CCNC2. The van der Waals surface area contributed by atoms with Crippen molar-refractivity contribution in [2.75, 3.05) is 6.54 Å². The Morgan fingerprint density at radius 3 is 2.73 bits per heavy atom. The smallest absolute Gasteiger partial charge is 0.106 e. The third kappa shape index (κ3) is 1.81. The largest absolute Gasteiger partial charge is 0.329 e. The number of imidazole rings is 1. The second-order valence-electron chi connectivity index (χ2n) is 4.83. The van der Waals surface area contributed by atoms with Gasteiger partial charge in [-0.1, -0.05) is 13.8 Å². The van der Waals surface area contributed by atoms with Crippen LogP contribution >= 0.6 is 0 Å². The Hall–Kier alpha value is -0.830. The first-order valence-corrected chi connectivity index (χ1v) is 5.88. The van der Waals surface area contributed by atoms with E-state index in [0.29, 0.717) is 12.0 Å². The van der Waals surface area contributed by atoms with Crippen molar-refractivity contribution in [3.8, 4) is 0 Å². The van der Waals surface area contributed by atoms with Gasteiger partial charge in [0.2, 0.25) is 0 Å². The van der Waals surface area contributed by atoms with Crippen molar-refractivity contribution in [2.24, 2.45) is 5.92 Å². The minimum absolute atomic E-state index is 0.555. The molecule has 0 radical (unpaired) electrons. The zero-order valence-electron chi connectivity index (χ0n) is 10.2. The van der Waals surface area contributed by atoms with E-state index in [1.165, 1.54) is 17.2 Å². The number of hydrogen-bond donors (Lipinski definition) is 1. The molecule has 0 amide bonds. The van der Waals surface area contributed by atoms with Crippen molar-refractivity contribution in [1.29, 1.82) is 0 Å². The molecule has 2 rings (SSSR count). The van der Waals surface area contributed by atoms with Gasteiger partial charge in [-0.2, -0.15) is 0 Å². The summed E-state index contributed by atoms with van der Waals surface area (Å²) in [6.07, 6.45) is 1.12. The van der Waals surface area contributed by atoms with E-state index in [1.54, 1.807) is 0 Å². The van der Waals surface area contributed by atoms with Crippen LogP contribution in [0.25, 0.3) is 0 Å². The molecule has 0 saturated carbocycles. The summed E-state index contributed by atoms with van der Waals surface area (Å²) in [6.45, 7) is 11.0. The molecule has 0 spiro atoms. The fourth-order valence-electron chi connectivity index (χ4n) is 2.31. The quantitative estimate of drug-likeness (QED) is 0.804. The van der Waals surface area contributed by atoms with Crippen molar-refractivity contribution in [3.63, 3.8) is 0 Å². The monoisotopic (exact) mass is 207 g/mol. The highest BCUT2D eigenvalue weighted by molar-refractivity contribution is 5.20. The molecule has 2 heterocycles. The maximum absolute atomic E-state index is 4.66. The zero-order valence-corrected chi connectivity index (χ0v) is 10.2. The molecule has 0 fully saturated rings. The van der Waals surface area contributed by atoms with Crippen LogP contribution in [0.15, 0.2) is 0 Å². The van der Waals surface area contributed by atoms with E-state index >= 15 is 0 Å². The molecule has 1 N–H and O–H groups in total. The molecule has 1 aliphatic heterocycles. The van der Waals surface area contributed by atoms with Crippen molar-refractivity contribution in [2.45, 2.75) is 46.7 Å². The molecule has 84 valence electrons. The Labute approximate surface area is 91.9 Å². The molecule has 1 aromatic heterocycles. The normalized spacial score (nSPS) is 17.9. The van der Waals surface area contributed by atoms with Crippen molar-refractivity contribution in [1.82, 2.24) is 14.9 Å². The number of fused-ring (bicyclic) bond motifs is 1. The molecule has 15 heavy (non-hydrogen) atoms. The van der Waals surface area contributed by atoms with Gasteiger partial charge in [-0.05, 0) is 19.8 Å². The van der Waals surface area contributed by atoms with E-state index in [9.17, 15) is 0 Å². The highest BCUT2D eigenvalue weighted by Gasteiger charge is 2.21. The minimum atomic E-state index is 0.555. The van der Waals surface area contributed by atoms with Crippen LogP contribution in [-0.2, 0) is 13.0 Å². The van der Waals surface area contributed by atoms with Gasteiger partial charge in [-0.15, -0.1) is 0 Å². The maximum Gasteiger partial charge on any atom is 0.106 e. The molecular weight excluding hydrogens is 186 g/mol. The summed E-state index contributed by atoms with van der Waals surface area (Å²) in [7, 11) is 0. The average Bonchev–Trinajstić information content (AvgIpc) is 2.52. The van der Waals surface area contributed by atoms with Gasteiger partial charge < -0.3 is 9.88 Å². The summed E-state index contributed by atoms with van der Waals surface area (Å²) in [5.41, 5.74) is 2.71. The summed E-state index contributed by atoms with van der Waals surface area (Å²) < 4.78 is 2.43. The van der Waals surface area contributed by atoms with Gasteiger partial charge in [0.25, 0.3) is 0 Å². The number of nitrogens with zero attached hydrogens (tertiary/aromatic N) is 2. The standard InChI is InChI=1S/C12H21N3/c1-8(2)9(3)15-10(4)14-11-7-13-6-5-12(11)15/h8-9,13H,5-7H2,1-4H3. The molecule has 1 atom stereocenters. The first kappa shape index (κ1) is 10.7. The van der Waals surface area contributed by atoms with Crippen LogP contribution < -0.4 is 5.32 Å². The van der Waals surface area contributed by atoms with Crippen molar-refractivity contribution in [3.05, 3.63) is 17.2 Å². The van der Waals surface area contributed by atoms with E-state index in [-0.39, 0.29) is 0 Å². The predicted molar refractivity (Wildman–Crippen MR) is 61.9 cm³/mol. The Morgan fingerprint density at radius 2 is 2.07 bits per heavy atom. The average molecular weight is 207 g/mol. The summed E-state index contributed by atoms with van der Waals surface area (Å²) in [5, 5.41) is 3.37. The van der Waals surface area contributed by atoms with Crippen LogP contribution in [0, 0.1) is 12.8 Å². The number of nitrogens with one attached hydrogen (secondary N) is 1. The second kappa shape index (κ2) is 3.97. The van der Waals surface area contributed by atoms with E-state index < -0.39 is 0 Å². The summed E-state index contributed by atoms with van der Waals surface area (Å²) in [6, 6.07) is 0.555. The molecule has 3 nitrogen and oxygen atoms in total. The lowest BCUT2D eigenvalue weighted by molar-refractivity contribution is 0.388. The summed E-state index contributed by atoms with van der Waals surface area (Å²) >= 11 is 0. The number of aromatic nitrogens is 2. The Balaban J connectivity index is 2.41. The highest BCUT2D eigenvalue weighted by atomic mass is 15.1. The van der Waals surface area contributed by atoms with Gasteiger partial charge >= 0.3 is 0 Å². The molecule has 0 bridgehead atoms. The Kier molecular flexibility index (Phi) is 2.83. The maximum atomic E-state index is 4.66. The first-order valence-electron chi connectivity index (χ1n) is 5.88. The number of rotatable bonds is 2. The summed E-state index contributed by atoms with van der Waals surface area (Å²) in [4.78, 5) is 4.66. The van der Waals surface area contributed by atoms with Gasteiger partial charge in [0.05, 0.1) is 5.69 Å². The molecular formula is C12H21N3. The van der Waals surface area contributed by atoms with E-state index in [0.717, 1.165) is 19.5 Å². The Bertz CT molecular complexity index is 352. The highest BCUT2D eigenvalue weighted by Crippen LogP contribution is 2.25. The minimum Gasteiger partial charge on any atom is -0.329 e. The molecule has 0 aliphatic carbocycles. The van der Waals surface area contributed by atoms with Gasteiger partial charge in [-0.25, -0.2) is 4.98 Å². The topological polar surface area (TPSA) is 29.9 Å². The molecule has 1 unspecified atom stereocenters. The van der Waals surface area contributed by atoms with Crippen molar-refractivity contribution >= 4 is 0 Å². The molecule has 3 heteroatoms. The van der Waals surface area contributed by atoms with Crippen LogP contribution in [0.4, 0.5) is 0 Å².